The average Bonchev–Trinajstić information content (AvgIpc) is 2.86. The maximum Gasteiger partial charge on any atom is 0.412 e. The molecule has 0 saturated heterocycles. The number of carbonyl (C=O) groups excluding carboxylic acids is 2. The highest BCUT2D eigenvalue weighted by molar-refractivity contribution is 5.89. The number of urea groups is 1. The SMILES string of the molecule is CN(C(=O)NCc1cccc(F)c1F)C(CCCCO)COC(=O)Nc1cc2ccccc2cn1. The van der Waals surface area contributed by atoms with Gasteiger partial charge >= 0.3 is 12.1 Å². The van der Waals surface area contributed by atoms with E-state index < -0.39 is 29.8 Å². The zero-order chi connectivity index (χ0) is 25.2. The summed E-state index contributed by atoms with van der Waals surface area (Å²) in [6, 6.07) is 12.0. The molecule has 0 aliphatic heterocycles. The van der Waals surface area contributed by atoms with Crippen molar-refractivity contribution in [1.82, 2.24) is 15.2 Å². The third-order valence-corrected chi connectivity index (χ3v) is 5.54. The summed E-state index contributed by atoms with van der Waals surface area (Å²) in [7, 11) is 1.52. The molecule has 1 unspecified atom stereocenters. The Morgan fingerprint density at radius 1 is 1.11 bits per heavy atom. The largest absolute Gasteiger partial charge is 0.447 e. The maximum atomic E-state index is 13.9. The lowest BCUT2D eigenvalue weighted by atomic mass is 10.1. The van der Waals surface area contributed by atoms with Gasteiger partial charge in [-0.25, -0.2) is 23.4 Å². The van der Waals surface area contributed by atoms with Crippen LogP contribution in [0.2, 0.25) is 0 Å². The normalized spacial score (nSPS) is 11.7. The number of hydrogen-bond donors (Lipinski definition) is 3. The number of ether oxygens (including phenoxy) is 1. The number of aliphatic hydroxyl groups is 1. The number of hydrogen-bond acceptors (Lipinski definition) is 5. The topological polar surface area (TPSA) is 104 Å². The molecule has 3 aromatic rings. The molecule has 3 rings (SSSR count). The van der Waals surface area contributed by atoms with Gasteiger partial charge in [0.25, 0.3) is 0 Å². The van der Waals surface area contributed by atoms with Crippen LogP contribution in [-0.4, -0.2) is 53.4 Å². The molecule has 1 heterocycles. The van der Waals surface area contributed by atoms with Crippen molar-refractivity contribution in [2.75, 3.05) is 25.6 Å². The zero-order valence-corrected chi connectivity index (χ0v) is 19.3. The Kier molecular flexibility index (Phi) is 9.31. The predicted octanol–water partition coefficient (Wildman–Crippen LogP) is 4.43. The highest BCUT2D eigenvalue weighted by atomic mass is 19.2. The van der Waals surface area contributed by atoms with E-state index in [4.69, 9.17) is 9.84 Å². The van der Waals surface area contributed by atoms with Crippen LogP contribution in [0.5, 0.6) is 0 Å². The minimum atomic E-state index is -1.02. The molecule has 0 spiro atoms. The molecule has 0 fully saturated rings. The number of pyridine rings is 1. The molecular formula is C25H28F2N4O4. The molecule has 1 atom stereocenters. The molecule has 1 aromatic heterocycles. The number of nitrogens with one attached hydrogen (secondary N) is 2. The van der Waals surface area contributed by atoms with Crippen molar-refractivity contribution >= 4 is 28.7 Å². The standard InChI is InChI=1S/C25H28F2N4O4/c1-31(24(33)29-15-19-9-6-11-21(26)23(19)27)20(10-4-5-12-32)16-35-25(34)30-22-13-17-7-2-3-8-18(17)14-28-22/h2-3,6-9,11,13-14,20,32H,4-5,10,12,15-16H2,1H3,(H,29,33)(H,28,30,34). The fraction of sp³-hybridized carbons (Fsp3) is 0.320. The molecule has 10 heteroatoms. The number of amides is 3. The molecule has 0 saturated carbocycles. The van der Waals surface area contributed by atoms with Crippen LogP contribution in [0, 0.1) is 11.6 Å². The van der Waals surface area contributed by atoms with E-state index in [-0.39, 0.29) is 25.3 Å². The zero-order valence-electron chi connectivity index (χ0n) is 19.3. The lowest BCUT2D eigenvalue weighted by Gasteiger charge is -2.28. The molecule has 8 nitrogen and oxygen atoms in total. The second-order valence-corrected chi connectivity index (χ2v) is 8.00. The first kappa shape index (κ1) is 25.8. The van der Waals surface area contributed by atoms with Crippen LogP contribution in [0.15, 0.2) is 54.7 Å². The predicted molar refractivity (Wildman–Crippen MR) is 128 cm³/mol. The van der Waals surface area contributed by atoms with Crippen molar-refractivity contribution in [3.8, 4) is 0 Å². The Morgan fingerprint density at radius 3 is 2.66 bits per heavy atom. The minimum absolute atomic E-state index is 0.00352. The molecule has 35 heavy (non-hydrogen) atoms. The number of likely N-dealkylation sites (N-methyl/N-ethyl adjacent to an activating group) is 1. The first-order valence-corrected chi connectivity index (χ1v) is 11.2. The molecule has 0 aliphatic rings. The van der Waals surface area contributed by atoms with E-state index in [0.29, 0.717) is 25.1 Å². The van der Waals surface area contributed by atoms with E-state index in [2.05, 4.69) is 15.6 Å². The Hall–Kier alpha value is -3.79. The number of aromatic nitrogens is 1. The molecule has 3 amide bonds. The number of halogens is 2. The van der Waals surface area contributed by atoms with Gasteiger partial charge in [0.1, 0.15) is 12.4 Å². The molecule has 186 valence electrons. The van der Waals surface area contributed by atoms with Gasteiger partial charge in [-0.15, -0.1) is 0 Å². The number of rotatable bonds is 10. The van der Waals surface area contributed by atoms with Crippen molar-refractivity contribution in [2.24, 2.45) is 0 Å². The fourth-order valence-electron chi connectivity index (χ4n) is 3.49. The first-order chi connectivity index (χ1) is 16.9. The summed E-state index contributed by atoms with van der Waals surface area (Å²) in [6.45, 7) is -0.315. The molecule has 0 aliphatic carbocycles. The van der Waals surface area contributed by atoms with Gasteiger partial charge in [-0.1, -0.05) is 36.4 Å². The van der Waals surface area contributed by atoms with E-state index in [1.54, 1.807) is 12.3 Å². The third-order valence-electron chi connectivity index (χ3n) is 5.54. The number of unbranched alkanes of at least 4 members (excludes halogenated alkanes) is 1. The Morgan fingerprint density at radius 2 is 1.89 bits per heavy atom. The lowest BCUT2D eigenvalue weighted by Crippen LogP contribution is -2.46. The molecular weight excluding hydrogens is 458 g/mol. The van der Waals surface area contributed by atoms with E-state index in [9.17, 15) is 18.4 Å². The number of fused-ring (bicyclic) bond motifs is 1. The van der Waals surface area contributed by atoms with Gasteiger partial charge in [-0.3, -0.25) is 5.32 Å². The van der Waals surface area contributed by atoms with Crippen molar-refractivity contribution < 1.29 is 28.2 Å². The van der Waals surface area contributed by atoms with Crippen LogP contribution in [0.1, 0.15) is 24.8 Å². The molecule has 0 bridgehead atoms. The average molecular weight is 487 g/mol. The Labute approximate surface area is 201 Å². The van der Waals surface area contributed by atoms with Crippen molar-refractivity contribution in [1.29, 1.82) is 0 Å². The van der Waals surface area contributed by atoms with Crippen molar-refractivity contribution in [3.63, 3.8) is 0 Å². The number of benzene rings is 2. The van der Waals surface area contributed by atoms with Crippen LogP contribution in [0.25, 0.3) is 10.8 Å². The maximum absolute atomic E-state index is 13.9. The van der Waals surface area contributed by atoms with Gasteiger partial charge in [0.15, 0.2) is 11.6 Å². The van der Waals surface area contributed by atoms with Crippen LogP contribution < -0.4 is 10.6 Å². The quantitative estimate of drug-likeness (QED) is 0.368. The Bertz CT molecular complexity index is 1160. The summed E-state index contributed by atoms with van der Waals surface area (Å²) in [5.74, 6) is -1.68. The second kappa shape index (κ2) is 12.6. The smallest absolute Gasteiger partial charge is 0.412 e. The summed E-state index contributed by atoms with van der Waals surface area (Å²) >= 11 is 0. The highest BCUT2D eigenvalue weighted by Crippen LogP contribution is 2.17. The fourth-order valence-corrected chi connectivity index (χ4v) is 3.49. The van der Waals surface area contributed by atoms with Crippen LogP contribution >= 0.6 is 0 Å². The summed E-state index contributed by atoms with van der Waals surface area (Å²) in [5.41, 5.74) is 0.0158. The number of nitrogens with zero attached hydrogens (tertiary/aromatic N) is 2. The van der Waals surface area contributed by atoms with Crippen molar-refractivity contribution in [3.05, 3.63) is 71.9 Å². The number of aliphatic hydroxyl groups excluding tert-OH is 1. The minimum Gasteiger partial charge on any atom is -0.447 e. The lowest BCUT2D eigenvalue weighted by molar-refractivity contribution is 0.112. The molecule has 0 radical (unpaired) electrons. The summed E-state index contributed by atoms with van der Waals surface area (Å²) < 4.78 is 32.6. The summed E-state index contributed by atoms with van der Waals surface area (Å²) in [6.07, 6.45) is 2.49. The summed E-state index contributed by atoms with van der Waals surface area (Å²) in [5, 5.41) is 16.0. The van der Waals surface area contributed by atoms with Crippen LogP contribution in [0.3, 0.4) is 0 Å². The third kappa shape index (κ3) is 7.35. The van der Waals surface area contributed by atoms with Gasteiger partial charge in [-0.05, 0) is 36.8 Å². The molecule has 2 aromatic carbocycles. The van der Waals surface area contributed by atoms with E-state index in [1.807, 2.05) is 24.3 Å². The second-order valence-electron chi connectivity index (χ2n) is 8.00. The van der Waals surface area contributed by atoms with Gasteiger partial charge < -0.3 is 20.1 Å². The van der Waals surface area contributed by atoms with E-state index in [1.165, 1.54) is 24.1 Å². The van der Waals surface area contributed by atoms with Gasteiger partial charge in [-0.2, -0.15) is 0 Å². The van der Waals surface area contributed by atoms with Crippen molar-refractivity contribution in [2.45, 2.75) is 31.8 Å². The highest BCUT2D eigenvalue weighted by Gasteiger charge is 2.22. The van der Waals surface area contributed by atoms with Gasteiger partial charge in [0.05, 0.1) is 6.04 Å². The Balaban J connectivity index is 1.57. The number of anilines is 1. The van der Waals surface area contributed by atoms with E-state index in [0.717, 1.165) is 16.8 Å². The van der Waals surface area contributed by atoms with E-state index >= 15 is 0 Å². The number of carbonyl (C=O) groups is 2. The van der Waals surface area contributed by atoms with Crippen LogP contribution in [0.4, 0.5) is 24.2 Å². The van der Waals surface area contributed by atoms with Crippen LogP contribution in [-0.2, 0) is 11.3 Å². The monoisotopic (exact) mass is 486 g/mol. The van der Waals surface area contributed by atoms with Gasteiger partial charge in [0, 0.05) is 37.3 Å². The summed E-state index contributed by atoms with van der Waals surface area (Å²) in [4.78, 5) is 30.5. The molecule has 3 N–H and O–H groups in total. The van der Waals surface area contributed by atoms with Gasteiger partial charge in [0.2, 0.25) is 0 Å². The first-order valence-electron chi connectivity index (χ1n) is 11.2.